The van der Waals surface area contributed by atoms with Crippen molar-refractivity contribution in [2.45, 2.75) is 12.6 Å². The fraction of sp³-hybridized carbons (Fsp3) is 0.500. The summed E-state index contributed by atoms with van der Waals surface area (Å²) in [4.78, 5) is 4.53. The Balaban J connectivity index is 3.19. The summed E-state index contributed by atoms with van der Waals surface area (Å²) in [6, 6.07) is 1.28. The van der Waals surface area contributed by atoms with Crippen molar-refractivity contribution in [1.29, 1.82) is 0 Å². The lowest BCUT2D eigenvalue weighted by atomic mass is 10.2. The van der Waals surface area contributed by atoms with E-state index in [1.165, 1.54) is 0 Å². The molecule has 0 atom stereocenters. The molecule has 0 aliphatic carbocycles. The number of hydrogen-bond donors (Lipinski definition) is 3. The summed E-state index contributed by atoms with van der Waals surface area (Å²) in [5.74, 6) is 4.35. The average Bonchev–Trinajstić information content (AvgIpc) is 2.36. The van der Waals surface area contributed by atoms with Crippen LogP contribution in [0.3, 0.4) is 0 Å². The molecule has 0 aliphatic rings. The number of aromatic nitrogens is 1. The van der Waals surface area contributed by atoms with Gasteiger partial charge in [-0.1, -0.05) is 0 Å². The average molecular weight is 300 g/mol. The van der Waals surface area contributed by atoms with Crippen molar-refractivity contribution >= 4 is 11.6 Å². The van der Waals surface area contributed by atoms with Gasteiger partial charge in [-0.3, -0.25) is 0 Å². The van der Waals surface area contributed by atoms with Gasteiger partial charge in [0.15, 0.2) is 0 Å². The van der Waals surface area contributed by atoms with Crippen LogP contribution in [0, 0.1) is 0 Å². The van der Waals surface area contributed by atoms with Crippen LogP contribution in [0.15, 0.2) is 12.1 Å². The minimum Gasteiger partial charge on any atom is -0.395 e. The second kappa shape index (κ2) is 6.66. The van der Waals surface area contributed by atoms with Gasteiger partial charge in [-0.2, -0.15) is 13.2 Å². The summed E-state index contributed by atoms with van der Waals surface area (Å²) in [5, 5.41) is 8.79. The molecule has 5 nitrogen and oxygen atoms in total. The first kappa shape index (κ1) is 16.4. The molecule has 0 bridgehead atoms. The summed E-state index contributed by atoms with van der Waals surface area (Å²) < 4.78 is 62.8. The quantitative estimate of drug-likeness (QED) is 0.421. The first-order valence-corrected chi connectivity index (χ1v) is 5.47. The molecule has 1 heterocycles. The zero-order valence-corrected chi connectivity index (χ0v) is 10.2. The molecule has 10 heteroatoms. The normalized spacial score (nSPS) is 11.8. The Bertz CT molecular complexity index is 440. The Labute approximate surface area is 111 Å². The van der Waals surface area contributed by atoms with Crippen molar-refractivity contribution < 1.29 is 27.1 Å². The number of nitrogens with two attached hydrogens (primary N) is 1. The van der Waals surface area contributed by atoms with E-state index in [1.54, 1.807) is 0 Å². The first-order valence-electron chi connectivity index (χ1n) is 5.47. The van der Waals surface area contributed by atoms with E-state index in [-0.39, 0.29) is 18.2 Å². The van der Waals surface area contributed by atoms with Gasteiger partial charge in [0.1, 0.15) is 11.6 Å². The number of aliphatic hydroxyl groups excluding tert-OH is 1. The summed E-state index contributed by atoms with van der Waals surface area (Å²) in [5.41, 5.74) is 0.866. The molecule has 1 aromatic rings. The zero-order chi connectivity index (χ0) is 15.3. The van der Waals surface area contributed by atoms with Gasteiger partial charge in [0, 0.05) is 6.54 Å². The Kier molecular flexibility index (Phi) is 5.45. The first-order chi connectivity index (χ1) is 9.27. The molecule has 114 valence electrons. The molecule has 0 fully saturated rings. The molecule has 1 aromatic heterocycles. The molecule has 4 N–H and O–H groups in total. The third kappa shape index (κ3) is 4.46. The van der Waals surface area contributed by atoms with Gasteiger partial charge >= 0.3 is 6.18 Å². The van der Waals surface area contributed by atoms with E-state index in [4.69, 9.17) is 10.9 Å². The number of hydrazine groups is 1. The van der Waals surface area contributed by atoms with Crippen LogP contribution in [-0.2, 0) is 6.18 Å². The molecular weight excluding hydrogens is 287 g/mol. The number of pyridine rings is 1. The highest BCUT2D eigenvalue weighted by Gasteiger charge is 2.32. The molecule has 0 saturated carbocycles. The highest BCUT2D eigenvalue weighted by Crippen LogP contribution is 2.32. The lowest BCUT2D eigenvalue weighted by Gasteiger charge is -2.23. The van der Waals surface area contributed by atoms with E-state index < -0.39 is 31.3 Å². The number of aliphatic hydroxyl groups is 1. The van der Waals surface area contributed by atoms with Gasteiger partial charge < -0.3 is 15.4 Å². The third-order valence-electron chi connectivity index (χ3n) is 2.34. The van der Waals surface area contributed by atoms with Crippen LogP contribution in [0.2, 0.25) is 0 Å². The van der Waals surface area contributed by atoms with Gasteiger partial charge in [-0.05, 0) is 12.1 Å². The second-order valence-corrected chi connectivity index (χ2v) is 3.80. The number of halogens is 5. The number of hydrogen-bond acceptors (Lipinski definition) is 5. The number of anilines is 2. The summed E-state index contributed by atoms with van der Waals surface area (Å²) in [6.07, 6.45) is -7.45. The van der Waals surface area contributed by atoms with E-state index in [0.717, 1.165) is 4.90 Å². The molecule has 0 saturated heterocycles. The molecule has 20 heavy (non-hydrogen) atoms. The summed E-state index contributed by atoms with van der Waals surface area (Å²) in [6.45, 7) is -1.63. The number of nitrogens with zero attached hydrogens (tertiary/aromatic N) is 2. The summed E-state index contributed by atoms with van der Waals surface area (Å²) >= 11 is 0. The molecule has 0 aromatic carbocycles. The molecule has 1 rings (SSSR count). The lowest BCUT2D eigenvalue weighted by Crippen LogP contribution is -2.32. The van der Waals surface area contributed by atoms with E-state index >= 15 is 0 Å². The molecule has 0 unspecified atom stereocenters. The predicted molar refractivity (Wildman–Crippen MR) is 62.4 cm³/mol. The highest BCUT2D eigenvalue weighted by molar-refractivity contribution is 5.51. The van der Waals surface area contributed by atoms with Crippen LogP contribution in [0.5, 0.6) is 0 Å². The van der Waals surface area contributed by atoms with Crippen LogP contribution in [0.4, 0.5) is 33.6 Å². The Hall–Kier alpha value is -1.68. The SMILES string of the molecule is NNc1cc(C(F)(F)F)cc(N(CCO)CC(F)F)n1. The summed E-state index contributed by atoms with van der Waals surface area (Å²) in [7, 11) is 0. The Morgan fingerprint density at radius 3 is 2.45 bits per heavy atom. The molecular formula is C10H13F5N4O. The largest absolute Gasteiger partial charge is 0.416 e. The number of alkyl halides is 5. The van der Waals surface area contributed by atoms with Crippen LogP contribution in [0.25, 0.3) is 0 Å². The molecule has 0 amide bonds. The fourth-order valence-electron chi connectivity index (χ4n) is 1.50. The van der Waals surface area contributed by atoms with Crippen molar-refractivity contribution in [2.24, 2.45) is 5.84 Å². The highest BCUT2D eigenvalue weighted by atomic mass is 19.4. The van der Waals surface area contributed by atoms with E-state index in [1.807, 2.05) is 5.43 Å². The van der Waals surface area contributed by atoms with Crippen molar-refractivity contribution in [1.82, 2.24) is 4.98 Å². The topological polar surface area (TPSA) is 74.4 Å². The third-order valence-corrected chi connectivity index (χ3v) is 2.34. The van der Waals surface area contributed by atoms with Crippen molar-refractivity contribution in [3.63, 3.8) is 0 Å². The van der Waals surface area contributed by atoms with E-state index in [2.05, 4.69) is 4.98 Å². The van der Waals surface area contributed by atoms with Gasteiger partial charge in [-0.15, -0.1) is 0 Å². The molecule has 0 aliphatic heterocycles. The van der Waals surface area contributed by atoms with Crippen molar-refractivity contribution in [3.05, 3.63) is 17.7 Å². The smallest absolute Gasteiger partial charge is 0.395 e. The zero-order valence-electron chi connectivity index (χ0n) is 10.2. The van der Waals surface area contributed by atoms with E-state index in [0.29, 0.717) is 12.1 Å². The van der Waals surface area contributed by atoms with Crippen LogP contribution >= 0.6 is 0 Å². The maximum absolute atomic E-state index is 12.7. The van der Waals surface area contributed by atoms with Crippen LogP contribution in [-0.4, -0.2) is 36.2 Å². The van der Waals surface area contributed by atoms with Crippen LogP contribution in [0.1, 0.15) is 5.56 Å². The molecule has 0 spiro atoms. The maximum atomic E-state index is 12.7. The van der Waals surface area contributed by atoms with Gasteiger partial charge in [0.05, 0.1) is 18.7 Å². The Morgan fingerprint density at radius 1 is 1.35 bits per heavy atom. The second-order valence-electron chi connectivity index (χ2n) is 3.80. The predicted octanol–water partition coefficient (Wildman–Crippen LogP) is 1.45. The minimum atomic E-state index is -4.67. The monoisotopic (exact) mass is 300 g/mol. The van der Waals surface area contributed by atoms with Crippen LogP contribution < -0.4 is 16.2 Å². The maximum Gasteiger partial charge on any atom is 0.416 e. The number of rotatable bonds is 6. The van der Waals surface area contributed by atoms with Crippen molar-refractivity contribution in [2.75, 3.05) is 30.0 Å². The van der Waals surface area contributed by atoms with Gasteiger partial charge in [-0.25, -0.2) is 19.6 Å². The molecule has 0 radical (unpaired) electrons. The minimum absolute atomic E-state index is 0.275. The standard InChI is InChI=1S/C10H13F5N4O/c11-7(12)5-19(1-2-20)9-4-6(10(13,14)15)3-8(17-9)18-16/h3-4,7,20H,1-2,5,16H2,(H,17,18). The Morgan fingerprint density at radius 2 is 2.00 bits per heavy atom. The van der Waals surface area contributed by atoms with Gasteiger partial charge in [0.2, 0.25) is 0 Å². The van der Waals surface area contributed by atoms with Crippen molar-refractivity contribution in [3.8, 4) is 0 Å². The van der Waals surface area contributed by atoms with E-state index in [9.17, 15) is 22.0 Å². The fourth-order valence-corrected chi connectivity index (χ4v) is 1.50. The van der Waals surface area contributed by atoms with Gasteiger partial charge in [0.25, 0.3) is 6.43 Å². The number of nitrogens with one attached hydrogen (secondary N) is 1. The number of nitrogen functional groups attached to an aromatic ring is 1. The lowest BCUT2D eigenvalue weighted by molar-refractivity contribution is -0.137.